The zero-order valence-electron chi connectivity index (χ0n) is 33.1. The smallest absolute Gasteiger partial charge is 0.483 e. The van der Waals surface area contributed by atoms with Gasteiger partial charge in [0.25, 0.3) is 5.56 Å². The van der Waals surface area contributed by atoms with Gasteiger partial charge in [0, 0.05) is 19.7 Å². The van der Waals surface area contributed by atoms with Crippen LogP contribution in [0.4, 0.5) is 11.8 Å². The number of aliphatic hydroxyl groups excluding tert-OH is 1. The number of nitrogens with two attached hydrogens (primary N) is 2. The maximum atomic E-state index is 13.8. The van der Waals surface area contributed by atoms with Crippen molar-refractivity contribution in [1.29, 1.82) is 0 Å². The fraction of sp³-hybridized carbons (Fsp3) is 0.452. The number of rotatable bonds is 18. The molecule has 0 radical (unpaired) electrons. The highest BCUT2D eigenvalue weighted by Gasteiger charge is 2.53. The van der Waals surface area contributed by atoms with Crippen LogP contribution < -0.4 is 21.8 Å². The molecule has 3 unspecified atom stereocenters. The normalized spacial score (nSPS) is 27.8. The Kier molecular flexibility index (Phi) is 14.0. The third-order valence-electron chi connectivity index (χ3n) is 9.74. The molecule has 11 atom stereocenters. The summed E-state index contributed by atoms with van der Waals surface area (Å²) < 4.78 is 99.5. The van der Waals surface area contributed by atoms with Crippen molar-refractivity contribution in [2.75, 3.05) is 26.1 Å². The highest BCUT2D eigenvalue weighted by Crippen LogP contribution is 2.66. The number of phosphoric acid groups is 4. The number of allylic oxidation sites excluding steroid dienone is 1. The van der Waals surface area contributed by atoms with E-state index >= 15 is 0 Å². The van der Waals surface area contributed by atoms with E-state index in [1.54, 1.807) is 36.5 Å². The van der Waals surface area contributed by atoms with Gasteiger partial charge in [0.15, 0.2) is 35.5 Å². The molecule has 33 heteroatoms. The van der Waals surface area contributed by atoms with E-state index in [9.17, 15) is 42.8 Å². The van der Waals surface area contributed by atoms with E-state index < -0.39 is 99.1 Å². The van der Waals surface area contributed by atoms with Gasteiger partial charge in [-0.25, -0.2) is 33.2 Å². The van der Waals surface area contributed by atoms with Crippen molar-refractivity contribution in [3.63, 3.8) is 0 Å². The Bertz CT molecular complexity index is 2670. The van der Waals surface area contributed by atoms with Crippen molar-refractivity contribution in [3.05, 3.63) is 64.6 Å². The molecule has 0 aliphatic carbocycles. The van der Waals surface area contributed by atoms with Crippen molar-refractivity contribution in [2.45, 2.75) is 68.8 Å². The molecule has 3 aliphatic rings. The fourth-order valence-corrected chi connectivity index (χ4v) is 11.0. The van der Waals surface area contributed by atoms with E-state index in [0.717, 1.165) is 12.7 Å². The lowest BCUT2D eigenvalue weighted by molar-refractivity contribution is -0.0587. The number of phosphoric ester groups is 2. The van der Waals surface area contributed by atoms with E-state index in [0.29, 0.717) is 18.5 Å². The number of aromatic amines is 1. The summed E-state index contributed by atoms with van der Waals surface area (Å²) in [5.74, 6) is 0.166. The molecule has 3 aromatic heterocycles. The average Bonchev–Trinajstić information content (AvgIpc) is 3.95. The highest BCUT2D eigenvalue weighted by atomic mass is 31.3. The van der Waals surface area contributed by atoms with Gasteiger partial charge in [0.05, 0.1) is 31.6 Å². The molecule has 0 spiro atoms. The van der Waals surface area contributed by atoms with Crippen LogP contribution in [0.5, 0.6) is 5.75 Å². The first-order valence-corrected chi connectivity index (χ1v) is 24.6. The van der Waals surface area contributed by atoms with Crippen LogP contribution in [0.1, 0.15) is 37.9 Å². The Morgan fingerprint density at radius 1 is 0.859 bits per heavy atom. The third-order valence-corrected chi connectivity index (χ3v) is 14.5. The largest absolute Gasteiger partial charge is 0.490 e. The number of fused-ring (bicyclic) bond motifs is 2. The first kappa shape index (κ1) is 47.9. The van der Waals surface area contributed by atoms with Crippen LogP contribution in [0.2, 0.25) is 0 Å². The van der Waals surface area contributed by atoms with Crippen LogP contribution in [0.3, 0.4) is 0 Å². The van der Waals surface area contributed by atoms with Crippen LogP contribution in [0.15, 0.2) is 58.3 Å². The van der Waals surface area contributed by atoms with Gasteiger partial charge in [0.1, 0.15) is 42.0 Å². The number of imidazole rings is 2. The predicted molar refractivity (Wildman–Crippen MR) is 215 cm³/mol. The second-order valence-electron chi connectivity index (χ2n) is 13.9. The first-order valence-electron chi connectivity index (χ1n) is 18.6. The minimum absolute atomic E-state index is 0.0496. The Morgan fingerprint density at radius 3 is 2.20 bits per heavy atom. The molecule has 0 bridgehead atoms. The maximum absolute atomic E-state index is 13.8. The number of ether oxygens (including phenoxy) is 4. The Hall–Kier alpha value is -4.05. The number of aromatic nitrogens is 6. The molecule has 29 nitrogen and oxygen atoms in total. The molecule has 2 fully saturated rings. The molecule has 0 saturated carbocycles. The van der Waals surface area contributed by atoms with Gasteiger partial charge < -0.3 is 60.0 Å². The van der Waals surface area contributed by atoms with Crippen molar-refractivity contribution in [3.8, 4) is 5.75 Å². The second-order valence-corrected chi connectivity index (χ2v) is 19.7. The number of hydrogen-bond donors (Lipinski definition) is 9. The molecule has 0 amide bonds. The zero-order valence-corrected chi connectivity index (χ0v) is 36.7. The number of nitrogens with one attached hydrogen (secondary N) is 1. The third kappa shape index (κ3) is 10.6. The van der Waals surface area contributed by atoms with Gasteiger partial charge in [0.2, 0.25) is 5.95 Å². The Balaban J connectivity index is 1.14. The molecule has 6 heterocycles. The number of methoxy groups -OCH3 is 1. The summed E-state index contributed by atoms with van der Waals surface area (Å²) in [6.45, 7) is -0.164. The lowest BCUT2D eigenvalue weighted by atomic mass is 10.1. The predicted octanol–water partition coefficient (Wildman–Crippen LogP) is 1.25. The first-order chi connectivity index (χ1) is 30.1. The number of hydrogen-bond acceptors (Lipinski definition) is 21. The summed E-state index contributed by atoms with van der Waals surface area (Å²) in [6.07, 6.45) is -7.12. The summed E-state index contributed by atoms with van der Waals surface area (Å²) in [4.78, 5) is 80.8. The van der Waals surface area contributed by atoms with Crippen molar-refractivity contribution in [1.82, 2.24) is 29.1 Å². The molecule has 11 N–H and O–H groups in total. The Morgan fingerprint density at radius 2 is 1.52 bits per heavy atom. The summed E-state index contributed by atoms with van der Waals surface area (Å²) in [7, 11) is -21.7. The molecule has 350 valence electrons. The SMILES string of the molecule is CCC1=C(N)c2ncn([C@@H]3O[C@H](COP(=O)(O)OP(=O)(O)OP(=O)(O)O)[C@@H](OP(=O)(O)OC[C@H]4O[C@@H](n5cnc6c(=O)[nH]c(N)nc65)[C@H](Oc5ccccc5)[C@@H]4O)[C@H]3OC)c2N=CC1. The second kappa shape index (κ2) is 18.7. The molecule has 64 heavy (non-hydrogen) atoms. The lowest BCUT2D eigenvalue weighted by Gasteiger charge is -2.26. The number of nitrogen functional groups attached to an aromatic ring is 1. The molecule has 4 aromatic rings. The van der Waals surface area contributed by atoms with Gasteiger partial charge in [-0.05, 0) is 24.1 Å². The van der Waals surface area contributed by atoms with E-state index in [4.69, 9.17) is 53.8 Å². The van der Waals surface area contributed by atoms with Crippen LogP contribution >= 0.6 is 31.3 Å². The maximum Gasteiger partial charge on any atom is 0.490 e. The lowest BCUT2D eigenvalue weighted by Crippen LogP contribution is -2.38. The number of aliphatic hydroxyl groups is 1. The van der Waals surface area contributed by atoms with Gasteiger partial charge >= 0.3 is 31.3 Å². The summed E-state index contributed by atoms with van der Waals surface area (Å²) in [5, 5.41) is 11.5. The summed E-state index contributed by atoms with van der Waals surface area (Å²) >= 11 is 0. The number of aliphatic imine (C=N–C) groups is 1. The van der Waals surface area contributed by atoms with Crippen molar-refractivity contribution < 1.29 is 89.0 Å². The zero-order chi connectivity index (χ0) is 46.4. The van der Waals surface area contributed by atoms with Gasteiger partial charge in [-0.1, -0.05) is 25.1 Å². The van der Waals surface area contributed by atoms with Crippen LogP contribution in [0.25, 0.3) is 16.9 Å². The van der Waals surface area contributed by atoms with Gasteiger partial charge in [-0.3, -0.25) is 32.5 Å². The topological polar surface area (TPSA) is 419 Å². The minimum Gasteiger partial charge on any atom is -0.483 e. The van der Waals surface area contributed by atoms with Crippen LogP contribution in [0, 0.1) is 0 Å². The average molecular weight is 984 g/mol. The fourth-order valence-electron chi connectivity index (χ4n) is 6.97. The monoisotopic (exact) mass is 983 g/mol. The number of nitrogens with zero attached hydrogens (tertiary/aromatic N) is 6. The molecule has 3 aliphatic heterocycles. The molecule has 2 saturated heterocycles. The van der Waals surface area contributed by atoms with Crippen molar-refractivity contribution in [2.24, 2.45) is 10.7 Å². The summed E-state index contributed by atoms with van der Waals surface area (Å²) in [6, 6.07) is 8.21. The molecule has 7 rings (SSSR count). The highest BCUT2D eigenvalue weighted by molar-refractivity contribution is 7.66. The van der Waals surface area contributed by atoms with E-state index in [2.05, 4.69) is 33.5 Å². The van der Waals surface area contributed by atoms with Gasteiger partial charge in [-0.2, -0.15) is 13.6 Å². The molecular weight excluding hydrogens is 942 g/mol. The standard InChI is InChI=1S/C31H41N9O20P4/c1-3-15-9-10-34-26-20(19(15)32)35-13-39(26)30-25(52-2)23(18(57-30)12-54-63(48,49)60-64(50,51)59-61(43,44)45)58-62(46,47)53-11-17-22(41)24(55-16-7-5-4-6-8-16)29(56-17)40-14-36-21-27(40)37-31(33)38-28(21)42/h4-8,10,13-14,17-18,22-25,29-30,41H,3,9,11-12,32H2,1-2H3,(H,46,47)(H,48,49)(H,50,51)(H2,43,44,45)(H3,33,37,38,42)/t17-,18-,22-,23-,24-,25-,29-,30-/m1/s1. The number of para-hydroxylation sites is 1. The van der Waals surface area contributed by atoms with E-state index in [-0.39, 0.29) is 34.4 Å². The van der Waals surface area contributed by atoms with E-state index in [1.165, 1.54) is 21.8 Å². The Labute approximate surface area is 359 Å². The number of benzene rings is 1. The quantitative estimate of drug-likeness (QED) is 0.0633. The number of anilines is 1. The van der Waals surface area contributed by atoms with Crippen LogP contribution in [-0.4, -0.2) is 122 Å². The van der Waals surface area contributed by atoms with Crippen LogP contribution in [-0.2, 0) is 54.7 Å². The van der Waals surface area contributed by atoms with Gasteiger partial charge in [-0.15, -0.1) is 0 Å². The van der Waals surface area contributed by atoms with E-state index in [1.807, 2.05) is 6.92 Å². The molecular formula is C31H41N9O20P4. The number of H-pyrrole nitrogens is 1. The van der Waals surface area contributed by atoms with Crippen molar-refractivity contribution >= 4 is 66.1 Å². The summed E-state index contributed by atoms with van der Waals surface area (Å²) in [5.41, 5.74) is 12.7. The molecule has 1 aromatic carbocycles. The minimum atomic E-state index is -5.95.